The number of hydrogen-bond donors (Lipinski definition) is 1. The topological polar surface area (TPSA) is 55.6 Å². The summed E-state index contributed by atoms with van der Waals surface area (Å²) in [6, 6.07) is 6.78. The molecule has 1 aliphatic heterocycles. The van der Waals surface area contributed by atoms with Crippen LogP contribution in [0.15, 0.2) is 36.9 Å². The molecular formula is C12H15ClN2O2. The smallest absolute Gasteiger partial charge is 0.247 e. The van der Waals surface area contributed by atoms with Crippen molar-refractivity contribution >= 4 is 24.0 Å². The molecule has 0 aromatic heterocycles. The predicted molar refractivity (Wildman–Crippen MR) is 69.7 cm³/mol. The Labute approximate surface area is 106 Å². The normalized spacial score (nSPS) is 18.5. The van der Waals surface area contributed by atoms with Crippen LogP contribution in [0.5, 0.6) is 5.75 Å². The van der Waals surface area contributed by atoms with Crippen LogP contribution in [0.2, 0.25) is 0 Å². The van der Waals surface area contributed by atoms with E-state index >= 15 is 0 Å². The van der Waals surface area contributed by atoms with E-state index < -0.39 is 6.04 Å². The number of carbonyl (C=O) groups excluding carboxylic acids is 1. The van der Waals surface area contributed by atoms with Crippen LogP contribution in [0.4, 0.5) is 5.69 Å². The second kappa shape index (κ2) is 5.70. The summed E-state index contributed by atoms with van der Waals surface area (Å²) in [5.41, 5.74) is 6.48. The number of nitrogens with two attached hydrogens (primary N) is 1. The van der Waals surface area contributed by atoms with Crippen molar-refractivity contribution in [3.8, 4) is 5.75 Å². The second-order valence-electron chi connectivity index (χ2n) is 3.62. The number of anilines is 1. The van der Waals surface area contributed by atoms with Crippen LogP contribution in [0.25, 0.3) is 0 Å². The molecule has 2 N–H and O–H groups in total. The van der Waals surface area contributed by atoms with E-state index in [2.05, 4.69) is 6.58 Å². The summed E-state index contributed by atoms with van der Waals surface area (Å²) in [5, 5.41) is 0. The molecule has 0 saturated heterocycles. The minimum Gasteiger partial charge on any atom is -0.489 e. The summed E-state index contributed by atoms with van der Waals surface area (Å²) in [6.45, 7) is 4.29. The van der Waals surface area contributed by atoms with Gasteiger partial charge in [-0.25, -0.2) is 0 Å². The van der Waals surface area contributed by atoms with Crippen LogP contribution in [0.3, 0.4) is 0 Å². The average molecular weight is 255 g/mol. The first-order chi connectivity index (χ1) is 7.74. The van der Waals surface area contributed by atoms with Gasteiger partial charge in [-0.2, -0.15) is 0 Å². The molecule has 1 heterocycles. The van der Waals surface area contributed by atoms with Crippen LogP contribution >= 0.6 is 12.4 Å². The van der Waals surface area contributed by atoms with Crippen molar-refractivity contribution in [3.63, 3.8) is 0 Å². The van der Waals surface area contributed by atoms with Gasteiger partial charge < -0.3 is 15.4 Å². The zero-order chi connectivity index (χ0) is 11.5. The van der Waals surface area contributed by atoms with Crippen LogP contribution in [0.1, 0.15) is 0 Å². The molecule has 0 bridgehead atoms. The first kappa shape index (κ1) is 13.5. The number of fused-ring (bicyclic) bond motifs is 1. The maximum absolute atomic E-state index is 12.0. The van der Waals surface area contributed by atoms with Gasteiger partial charge in [-0.05, 0) is 12.1 Å². The molecule has 0 radical (unpaired) electrons. The monoisotopic (exact) mass is 254 g/mol. The van der Waals surface area contributed by atoms with Crippen molar-refractivity contribution in [3.05, 3.63) is 36.9 Å². The second-order valence-corrected chi connectivity index (χ2v) is 3.62. The molecule has 1 atom stereocenters. The third-order valence-electron chi connectivity index (χ3n) is 2.47. The highest BCUT2D eigenvalue weighted by Crippen LogP contribution is 2.30. The molecule has 0 aliphatic carbocycles. The lowest BCUT2D eigenvalue weighted by Gasteiger charge is -2.21. The molecule has 5 heteroatoms. The van der Waals surface area contributed by atoms with Gasteiger partial charge in [0.25, 0.3) is 0 Å². The number of amides is 1. The van der Waals surface area contributed by atoms with Gasteiger partial charge in [0.2, 0.25) is 5.91 Å². The fourth-order valence-corrected chi connectivity index (χ4v) is 1.69. The van der Waals surface area contributed by atoms with Gasteiger partial charge in [0, 0.05) is 6.54 Å². The van der Waals surface area contributed by atoms with Crippen LogP contribution in [0, 0.1) is 0 Å². The van der Waals surface area contributed by atoms with Gasteiger partial charge in [0.15, 0.2) is 0 Å². The Morgan fingerprint density at radius 3 is 2.94 bits per heavy atom. The molecule has 0 unspecified atom stereocenters. The SMILES string of the molecule is C=CCN1C(=O)[C@@H](N)COc2ccccc21.Cl. The zero-order valence-electron chi connectivity index (χ0n) is 9.33. The van der Waals surface area contributed by atoms with Crippen molar-refractivity contribution in [2.75, 3.05) is 18.1 Å². The molecule has 1 aromatic carbocycles. The van der Waals surface area contributed by atoms with Crippen LogP contribution < -0.4 is 15.4 Å². The standard InChI is InChI=1S/C12H14N2O2.ClH/c1-2-7-14-10-5-3-4-6-11(10)16-8-9(13)12(14)15;/h2-6,9H,1,7-8,13H2;1H/t9-;/m0./s1. The van der Waals surface area contributed by atoms with Crippen LogP contribution in [-0.4, -0.2) is 25.1 Å². The Balaban J connectivity index is 0.00000144. The molecule has 1 aromatic rings. The fraction of sp³-hybridized carbons (Fsp3) is 0.250. The van der Waals surface area contributed by atoms with E-state index in [9.17, 15) is 4.79 Å². The fourth-order valence-electron chi connectivity index (χ4n) is 1.69. The lowest BCUT2D eigenvalue weighted by atomic mass is 10.2. The highest BCUT2D eigenvalue weighted by Gasteiger charge is 2.27. The maximum atomic E-state index is 12.0. The Bertz CT molecular complexity index is 423. The van der Waals surface area contributed by atoms with E-state index in [1.54, 1.807) is 11.0 Å². The molecule has 17 heavy (non-hydrogen) atoms. The third-order valence-corrected chi connectivity index (χ3v) is 2.47. The highest BCUT2D eigenvalue weighted by molar-refractivity contribution is 5.99. The van der Waals surface area contributed by atoms with Gasteiger partial charge in [0.1, 0.15) is 18.4 Å². The van der Waals surface area contributed by atoms with Crippen molar-refractivity contribution in [2.45, 2.75) is 6.04 Å². The van der Waals surface area contributed by atoms with E-state index in [-0.39, 0.29) is 24.9 Å². The van der Waals surface area contributed by atoms with Gasteiger partial charge in [0.05, 0.1) is 5.69 Å². The largest absolute Gasteiger partial charge is 0.489 e. The van der Waals surface area contributed by atoms with Crippen molar-refractivity contribution in [1.29, 1.82) is 0 Å². The highest BCUT2D eigenvalue weighted by atomic mass is 35.5. The Morgan fingerprint density at radius 2 is 2.24 bits per heavy atom. The number of hydrogen-bond acceptors (Lipinski definition) is 3. The van der Waals surface area contributed by atoms with E-state index in [0.29, 0.717) is 12.3 Å². The summed E-state index contributed by atoms with van der Waals surface area (Å²) in [6.07, 6.45) is 1.67. The average Bonchev–Trinajstić information content (AvgIpc) is 2.42. The number of carbonyl (C=O) groups is 1. The predicted octanol–water partition coefficient (Wildman–Crippen LogP) is 1.35. The number of para-hydroxylation sites is 2. The van der Waals surface area contributed by atoms with Gasteiger partial charge in [-0.1, -0.05) is 18.2 Å². The number of halogens is 1. The van der Waals surface area contributed by atoms with Gasteiger partial charge in [-0.3, -0.25) is 4.79 Å². The quantitative estimate of drug-likeness (QED) is 0.811. The number of benzene rings is 1. The maximum Gasteiger partial charge on any atom is 0.247 e. The minimum atomic E-state index is -0.618. The number of rotatable bonds is 2. The number of nitrogens with zero attached hydrogens (tertiary/aromatic N) is 1. The molecule has 0 fully saturated rings. The van der Waals surface area contributed by atoms with Crippen molar-refractivity contribution in [1.82, 2.24) is 0 Å². The molecule has 4 nitrogen and oxygen atoms in total. The summed E-state index contributed by atoms with van der Waals surface area (Å²) in [5.74, 6) is 0.551. The summed E-state index contributed by atoms with van der Waals surface area (Å²) in [7, 11) is 0. The van der Waals surface area contributed by atoms with E-state index in [0.717, 1.165) is 5.69 Å². The third kappa shape index (κ3) is 2.60. The Morgan fingerprint density at radius 1 is 1.53 bits per heavy atom. The lowest BCUT2D eigenvalue weighted by Crippen LogP contribution is -2.45. The first-order valence-electron chi connectivity index (χ1n) is 5.13. The Hall–Kier alpha value is -1.52. The summed E-state index contributed by atoms with van der Waals surface area (Å²) in [4.78, 5) is 13.6. The van der Waals surface area contributed by atoms with Crippen molar-refractivity contribution < 1.29 is 9.53 Å². The lowest BCUT2D eigenvalue weighted by molar-refractivity contribution is -0.120. The molecule has 2 rings (SSSR count). The molecule has 1 amide bonds. The molecule has 1 aliphatic rings. The molecular weight excluding hydrogens is 240 g/mol. The zero-order valence-corrected chi connectivity index (χ0v) is 10.2. The molecule has 0 spiro atoms. The minimum absolute atomic E-state index is 0. The number of ether oxygens (including phenoxy) is 1. The first-order valence-corrected chi connectivity index (χ1v) is 5.13. The van der Waals surface area contributed by atoms with Crippen molar-refractivity contribution in [2.24, 2.45) is 5.73 Å². The summed E-state index contributed by atoms with van der Waals surface area (Å²) >= 11 is 0. The molecule has 92 valence electrons. The van der Waals surface area contributed by atoms with E-state index in [1.807, 2.05) is 24.3 Å². The Kier molecular flexibility index (Phi) is 4.54. The van der Waals surface area contributed by atoms with Gasteiger partial charge in [-0.15, -0.1) is 19.0 Å². The van der Waals surface area contributed by atoms with Crippen LogP contribution in [-0.2, 0) is 4.79 Å². The van der Waals surface area contributed by atoms with E-state index in [4.69, 9.17) is 10.5 Å². The molecule has 0 saturated carbocycles. The van der Waals surface area contributed by atoms with Gasteiger partial charge >= 0.3 is 0 Å². The summed E-state index contributed by atoms with van der Waals surface area (Å²) < 4.78 is 5.49. The van der Waals surface area contributed by atoms with E-state index in [1.165, 1.54) is 0 Å².